The molecule has 0 bridgehead atoms. The summed E-state index contributed by atoms with van der Waals surface area (Å²) in [4.78, 5) is 11.5. The molecule has 2 heterocycles. The molecule has 1 aromatic heterocycles. The molecule has 6 nitrogen and oxygen atoms in total. The monoisotopic (exact) mass is 545 g/mol. The van der Waals surface area contributed by atoms with Crippen LogP contribution < -0.4 is 10.6 Å². The number of halogens is 1. The number of aliphatic imine (C=N–C) groups is 1. The van der Waals surface area contributed by atoms with Gasteiger partial charge in [0.15, 0.2) is 5.96 Å². The van der Waals surface area contributed by atoms with Crippen LogP contribution in [-0.4, -0.2) is 42.0 Å². The van der Waals surface area contributed by atoms with Gasteiger partial charge in [0.1, 0.15) is 6.26 Å². The number of piperidine rings is 1. The lowest BCUT2D eigenvalue weighted by Crippen LogP contribution is -2.48. The third-order valence-corrected chi connectivity index (χ3v) is 5.93. The van der Waals surface area contributed by atoms with Gasteiger partial charge in [0.2, 0.25) is 5.89 Å². The van der Waals surface area contributed by atoms with Gasteiger partial charge in [-0.15, -0.1) is 24.0 Å². The second kappa shape index (κ2) is 12.0. The lowest BCUT2D eigenvalue weighted by atomic mass is 10.0. The number of nitrogens with one attached hydrogen (secondary N) is 2. The third-order valence-electron chi connectivity index (χ3n) is 5.93. The summed E-state index contributed by atoms with van der Waals surface area (Å²) in [5.74, 6) is 1.44. The molecule has 1 aliphatic heterocycles. The maximum atomic E-state index is 5.62. The zero-order chi connectivity index (χ0) is 21.5. The molecular formula is C25H32IN5O. The summed E-state index contributed by atoms with van der Waals surface area (Å²) in [5.41, 5.74) is 3.22. The van der Waals surface area contributed by atoms with Crippen molar-refractivity contribution >= 4 is 29.9 Å². The van der Waals surface area contributed by atoms with Crippen LogP contribution in [0.2, 0.25) is 0 Å². The van der Waals surface area contributed by atoms with Crippen molar-refractivity contribution in [2.24, 2.45) is 4.99 Å². The number of hydrogen-bond acceptors (Lipinski definition) is 4. The largest absolute Gasteiger partial charge is 0.444 e. The lowest BCUT2D eigenvalue weighted by Gasteiger charge is -2.37. The molecule has 0 aliphatic carbocycles. The first-order chi connectivity index (χ1) is 15.2. The van der Waals surface area contributed by atoms with E-state index in [-0.39, 0.29) is 24.0 Å². The van der Waals surface area contributed by atoms with Crippen molar-refractivity contribution < 1.29 is 4.42 Å². The molecule has 2 aromatic carbocycles. The Morgan fingerprint density at radius 1 is 1.09 bits per heavy atom. The first kappa shape index (κ1) is 24.3. The van der Waals surface area contributed by atoms with Gasteiger partial charge in [0.05, 0.1) is 12.2 Å². The van der Waals surface area contributed by atoms with Crippen LogP contribution in [0.3, 0.4) is 0 Å². The summed E-state index contributed by atoms with van der Waals surface area (Å²) in [6.07, 6.45) is 3.89. The van der Waals surface area contributed by atoms with E-state index >= 15 is 0 Å². The Kier molecular flexibility index (Phi) is 9.11. The van der Waals surface area contributed by atoms with E-state index in [1.807, 2.05) is 30.3 Å². The zero-order valence-corrected chi connectivity index (χ0v) is 21.0. The molecule has 4 rings (SSSR count). The number of aromatic nitrogens is 1. The molecule has 0 radical (unpaired) electrons. The topological polar surface area (TPSA) is 65.7 Å². The van der Waals surface area contributed by atoms with Gasteiger partial charge in [0, 0.05) is 37.8 Å². The van der Waals surface area contributed by atoms with Crippen molar-refractivity contribution in [3.8, 4) is 11.5 Å². The average Bonchev–Trinajstić information content (AvgIpc) is 3.32. The molecule has 1 fully saturated rings. The highest BCUT2D eigenvalue weighted by Crippen LogP contribution is 2.24. The Balaban J connectivity index is 0.00000289. The highest BCUT2D eigenvalue weighted by Gasteiger charge is 2.24. The Morgan fingerprint density at radius 2 is 1.75 bits per heavy atom. The van der Waals surface area contributed by atoms with E-state index in [1.54, 1.807) is 13.3 Å². The van der Waals surface area contributed by atoms with Gasteiger partial charge in [-0.1, -0.05) is 48.5 Å². The molecule has 1 saturated heterocycles. The van der Waals surface area contributed by atoms with E-state index in [9.17, 15) is 0 Å². The molecule has 2 N–H and O–H groups in total. The van der Waals surface area contributed by atoms with Gasteiger partial charge < -0.3 is 15.1 Å². The van der Waals surface area contributed by atoms with E-state index < -0.39 is 0 Å². The molecule has 32 heavy (non-hydrogen) atoms. The highest BCUT2D eigenvalue weighted by molar-refractivity contribution is 14.0. The highest BCUT2D eigenvalue weighted by atomic mass is 127. The van der Waals surface area contributed by atoms with E-state index in [0.29, 0.717) is 24.5 Å². The summed E-state index contributed by atoms with van der Waals surface area (Å²) in [5, 5.41) is 6.93. The summed E-state index contributed by atoms with van der Waals surface area (Å²) < 4.78 is 5.62. The van der Waals surface area contributed by atoms with Crippen molar-refractivity contribution in [1.29, 1.82) is 0 Å². The van der Waals surface area contributed by atoms with Gasteiger partial charge in [0.25, 0.3) is 0 Å². The molecule has 0 spiro atoms. The van der Waals surface area contributed by atoms with E-state index in [2.05, 4.69) is 62.8 Å². The summed E-state index contributed by atoms with van der Waals surface area (Å²) in [7, 11) is 1.81. The van der Waals surface area contributed by atoms with Crippen LogP contribution in [0.25, 0.3) is 11.5 Å². The third kappa shape index (κ3) is 6.32. The molecule has 170 valence electrons. The molecule has 0 amide bonds. The fraction of sp³-hybridized carbons (Fsp3) is 0.360. The van der Waals surface area contributed by atoms with Crippen LogP contribution in [-0.2, 0) is 6.54 Å². The van der Waals surface area contributed by atoms with Crippen LogP contribution in [0.15, 0.2) is 76.3 Å². The first-order valence-electron chi connectivity index (χ1n) is 11.0. The maximum absolute atomic E-state index is 5.62. The lowest BCUT2D eigenvalue weighted by molar-refractivity contribution is 0.158. The molecule has 1 atom stereocenters. The fourth-order valence-corrected chi connectivity index (χ4v) is 4.04. The van der Waals surface area contributed by atoms with Crippen LogP contribution in [0.4, 0.5) is 0 Å². The van der Waals surface area contributed by atoms with Crippen LogP contribution in [0, 0.1) is 0 Å². The minimum Gasteiger partial charge on any atom is -0.444 e. The van der Waals surface area contributed by atoms with E-state index in [4.69, 9.17) is 4.42 Å². The number of likely N-dealkylation sites (tertiary alicyclic amines) is 1. The zero-order valence-electron chi connectivity index (χ0n) is 18.7. The number of guanidine groups is 1. The average molecular weight is 545 g/mol. The quantitative estimate of drug-likeness (QED) is 0.264. The van der Waals surface area contributed by atoms with Crippen LogP contribution in [0.1, 0.15) is 37.1 Å². The Hall–Kier alpha value is -2.39. The van der Waals surface area contributed by atoms with Crippen LogP contribution >= 0.6 is 24.0 Å². The molecule has 7 heteroatoms. The number of nitrogens with zero attached hydrogens (tertiary/aromatic N) is 3. The van der Waals surface area contributed by atoms with Crippen molar-refractivity contribution in [2.45, 2.75) is 38.4 Å². The minimum atomic E-state index is 0. The fourth-order valence-electron chi connectivity index (χ4n) is 4.04. The first-order valence-corrected chi connectivity index (χ1v) is 11.0. The predicted octanol–water partition coefficient (Wildman–Crippen LogP) is 4.85. The minimum absolute atomic E-state index is 0. The second-order valence-corrected chi connectivity index (χ2v) is 7.98. The standard InChI is InChI=1S/C25H31N5O.HI/c1-19(20-9-5-3-6-10-20)30-15-13-22(14-16-30)29-25(26-2)27-17-23-18-31-24(28-23)21-11-7-4-8-12-21;/h3-12,18-19,22H,13-17H2,1-2H3,(H2,26,27,29);1H. The second-order valence-electron chi connectivity index (χ2n) is 7.98. The summed E-state index contributed by atoms with van der Waals surface area (Å²) in [6, 6.07) is 21.5. The Labute approximate surface area is 207 Å². The van der Waals surface area contributed by atoms with Gasteiger partial charge in [-0.3, -0.25) is 9.89 Å². The van der Waals surface area contributed by atoms with E-state index in [1.165, 1.54) is 5.56 Å². The summed E-state index contributed by atoms with van der Waals surface area (Å²) in [6.45, 7) is 5.02. The molecular weight excluding hydrogens is 513 g/mol. The number of benzene rings is 2. The van der Waals surface area contributed by atoms with Gasteiger partial charge in [-0.2, -0.15) is 0 Å². The number of hydrogen-bond donors (Lipinski definition) is 2. The van der Waals surface area contributed by atoms with E-state index in [0.717, 1.165) is 43.1 Å². The van der Waals surface area contributed by atoms with Crippen molar-refractivity contribution in [2.75, 3.05) is 20.1 Å². The van der Waals surface area contributed by atoms with Crippen molar-refractivity contribution in [1.82, 2.24) is 20.5 Å². The van der Waals surface area contributed by atoms with Gasteiger partial charge in [-0.25, -0.2) is 4.98 Å². The van der Waals surface area contributed by atoms with Gasteiger partial charge >= 0.3 is 0 Å². The molecule has 0 saturated carbocycles. The van der Waals surface area contributed by atoms with Gasteiger partial charge in [-0.05, 0) is 37.5 Å². The number of rotatable bonds is 6. The molecule has 1 unspecified atom stereocenters. The van der Waals surface area contributed by atoms with Crippen LogP contribution in [0.5, 0.6) is 0 Å². The Bertz CT molecular complexity index is 968. The smallest absolute Gasteiger partial charge is 0.226 e. The van der Waals surface area contributed by atoms with Crippen molar-refractivity contribution in [3.05, 3.63) is 78.2 Å². The summed E-state index contributed by atoms with van der Waals surface area (Å²) >= 11 is 0. The van der Waals surface area contributed by atoms with Crippen molar-refractivity contribution in [3.63, 3.8) is 0 Å². The molecule has 3 aromatic rings. The predicted molar refractivity (Wildman–Crippen MR) is 140 cm³/mol. The maximum Gasteiger partial charge on any atom is 0.226 e. The normalized spacial score (nSPS) is 16.2. The Morgan fingerprint density at radius 3 is 2.41 bits per heavy atom. The number of oxazole rings is 1. The SMILES string of the molecule is CN=C(NCc1coc(-c2ccccc2)n1)NC1CCN(C(C)c2ccccc2)CC1.I. The molecule has 1 aliphatic rings.